The third-order valence-corrected chi connectivity index (χ3v) is 4.17. The van der Waals surface area contributed by atoms with E-state index in [9.17, 15) is 13.2 Å². The summed E-state index contributed by atoms with van der Waals surface area (Å²) in [6.07, 6.45) is -4.51. The van der Waals surface area contributed by atoms with E-state index >= 15 is 0 Å². The first kappa shape index (κ1) is 16.3. The highest BCUT2D eigenvalue weighted by Gasteiger charge is 2.34. The van der Waals surface area contributed by atoms with Gasteiger partial charge in [-0.3, -0.25) is 4.40 Å². The number of nitrogens with zero attached hydrogens (tertiary/aromatic N) is 4. The van der Waals surface area contributed by atoms with Crippen LogP contribution in [0.4, 0.5) is 13.2 Å². The number of para-hydroxylation sites is 1. The van der Waals surface area contributed by atoms with Gasteiger partial charge in [0.1, 0.15) is 11.3 Å². The number of ether oxygens (including phenoxy) is 1. The number of aryl methyl sites for hydroxylation is 1. The summed E-state index contributed by atoms with van der Waals surface area (Å²) in [5.41, 5.74) is 1.23. The molecule has 0 spiro atoms. The molecule has 2 aromatic carbocycles. The van der Waals surface area contributed by atoms with Gasteiger partial charge in [0.25, 0.3) is 0 Å². The molecule has 4 aromatic rings. The fraction of sp³-hybridized carbons (Fsp3) is 0.167. The van der Waals surface area contributed by atoms with Gasteiger partial charge in [-0.2, -0.15) is 13.2 Å². The minimum absolute atomic E-state index is 0.0506. The molecule has 5 nitrogen and oxygen atoms in total. The molecule has 26 heavy (non-hydrogen) atoms. The maximum atomic E-state index is 13.5. The van der Waals surface area contributed by atoms with Gasteiger partial charge in [-0.1, -0.05) is 24.3 Å². The van der Waals surface area contributed by atoms with Crippen molar-refractivity contribution >= 4 is 16.7 Å². The van der Waals surface area contributed by atoms with Crippen LogP contribution in [-0.2, 0) is 6.18 Å². The Kier molecular flexibility index (Phi) is 3.57. The Morgan fingerprint density at radius 3 is 2.50 bits per heavy atom. The number of methoxy groups -OCH3 is 1. The standard InChI is InChI=1S/C18H13F3N4O/c1-10-16-23-24-17(11-6-3-4-7-12(11)18(19,20)21)25(16)15-13(22-10)8-5-9-14(15)26-2/h3-9H,1-2H3. The molecule has 0 fully saturated rings. The minimum Gasteiger partial charge on any atom is -0.494 e. The van der Waals surface area contributed by atoms with E-state index in [1.165, 1.54) is 19.2 Å². The van der Waals surface area contributed by atoms with Crippen molar-refractivity contribution in [3.63, 3.8) is 0 Å². The highest BCUT2D eigenvalue weighted by Crippen LogP contribution is 2.38. The van der Waals surface area contributed by atoms with Gasteiger partial charge in [-0.25, -0.2) is 4.98 Å². The Bertz CT molecular complexity index is 1130. The second-order valence-corrected chi connectivity index (χ2v) is 5.75. The van der Waals surface area contributed by atoms with E-state index in [0.717, 1.165) is 6.07 Å². The quantitative estimate of drug-likeness (QED) is 0.537. The maximum Gasteiger partial charge on any atom is 0.417 e. The predicted molar refractivity (Wildman–Crippen MR) is 90.0 cm³/mol. The molecule has 2 heterocycles. The van der Waals surface area contributed by atoms with Crippen LogP contribution in [-0.4, -0.2) is 26.7 Å². The second kappa shape index (κ2) is 5.69. The molecular formula is C18H13F3N4O. The number of hydrogen-bond donors (Lipinski definition) is 0. The molecule has 8 heteroatoms. The highest BCUT2D eigenvalue weighted by molar-refractivity contribution is 5.86. The first-order valence-corrected chi connectivity index (χ1v) is 7.77. The van der Waals surface area contributed by atoms with Crippen molar-refractivity contribution in [1.29, 1.82) is 0 Å². The van der Waals surface area contributed by atoms with Crippen LogP contribution in [0, 0.1) is 6.92 Å². The molecule has 0 aliphatic heterocycles. The van der Waals surface area contributed by atoms with Crippen LogP contribution in [0.2, 0.25) is 0 Å². The third-order valence-electron chi connectivity index (χ3n) is 4.17. The van der Waals surface area contributed by atoms with Gasteiger partial charge in [-0.15, -0.1) is 10.2 Å². The van der Waals surface area contributed by atoms with E-state index in [4.69, 9.17) is 4.74 Å². The number of hydrogen-bond acceptors (Lipinski definition) is 4. The summed E-state index contributed by atoms with van der Waals surface area (Å²) in [6.45, 7) is 1.74. The van der Waals surface area contributed by atoms with Crippen molar-refractivity contribution < 1.29 is 17.9 Å². The minimum atomic E-state index is -4.51. The number of halogens is 3. The lowest BCUT2D eigenvalue weighted by atomic mass is 10.1. The molecule has 0 aliphatic carbocycles. The molecule has 132 valence electrons. The van der Waals surface area contributed by atoms with Crippen molar-refractivity contribution in [2.45, 2.75) is 13.1 Å². The van der Waals surface area contributed by atoms with E-state index < -0.39 is 11.7 Å². The zero-order chi connectivity index (χ0) is 18.5. The molecule has 0 saturated heterocycles. The molecule has 2 aromatic heterocycles. The van der Waals surface area contributed by atoms with Crippen LogP contribution >= 0.6 is 0 Å². The summed E-state index contributed by atoms with van der Waals surface area (Å²) >= 11 is 0. The smallest absolute Gasteiger partial charge is 0.417 e. The Morgan fingerprint density at radius 2 is 1.77 bits per heavy atom. The van der Waals surface area contributed by atoms with Crippen LogP contribution in [0.3, 0.4) is 0 Å². The van der Waals surface area contributed by atoms with E-state index in [-0.39, 0.29) is 11.4 Å². The zero-order valence-electron chi connectivity index (χ0n) is 13.9. The molecule has 0 amide bonds. The van der Waals surface area contributed by atoms with Crippen molar-refractivity contribution in [1.82, 2.24) is 19.6 Å². The van der Waals surface area contributed by atoms with Crippen LogP contribution < -0.4 is 4.74 Å². The lowest BCUT2D eigenvalue weighted by molar-refractivity contribution is -0.137. The predicted octanol–water partition coefficient (Wildman–Crippen LogP) is 4.28. The molecule has 0 N–H and O–H groups in total. The number of benzene rings is 2. The molecule has 0 saturated carbocycles. The van der Waals surface area contributed by atoms with Crippen LogP contribution in [0.1, 0.15) is 11.3 Å². The molecule has 0 unspecified atom stereocenters. The second-order valence-electron chi connectivity index (χ2n) is 5.75. The molecule has 0 radical (unpaired) electrons. The van der Waals surface area contributed by atoms with E-state index in [1.807, 2.05) is 0 Å². The fourth-order valence-electron chi connectivity index (χ4n) is 3.05. The summed E-state index contributed by atoms with van der Waals surface area (Å²) in [6, 6.07) is 10.6. The van der Waals surface area contributed by atoms with Gasteiger partial charge < -0.3 is 4.74 Å². The van der Waals surface area contributed by atoms with Gasteiger partial charge in [0, 0.05) is 5.56 Å². The molecular weight excluding hydrogens is 345 g/mol. The number of fused-ring (bicyclic) bond motifs is 3. The molecule has 0 bridgehead atoms. The number of rotatable bonds is 2. The summed E-state index contributed by atoms with van der Waals surface area (Å²) in [5, 5.41) is 8.11. The Balaban J connectivity index is 2.17. The zero-order valence-corrected chi connectivity index (χ0v) is 13.9. The molecule has 0 aliphatic rings. The Hall–Kier alpha value is -3.16. The van der Waals surface area contributed by atoms with Gasteiger partial charge >= 0.3 is 6.18 Å². The third kappa shape index (κ3) is 2.37. The lowest BCUT2D eigenvalue weighted by Gasteiger charge is -2.13. The van der Waals surface area contributed by atoms with Gasteiger partial charge in [0.15, 0.2) is 11.5 Å². The SMILES string of the molecule is COc1cccc2nc(C)c3nnc(-c4ccccc4C(F)(F)F)n3c12. The van der Waals surface area contributed by atoms with Crippen molar-refractivity contribution in [2.75, 3.05) is 7.11 Å². The van der Waals surface area contributed by atoms with Gasteiger partial charge in [0.2, 0.25) is 0 Å². The summed E-state index contributed by atoms with van der Waals surface area (Å²) in [4.78, 5) is 4.47. The van der Waals surface area contributed by atoms with E-state index in [1.54, 1.807) is 35.6 Å². The van der Waals surface area contributed by atoms with E-state index in [2.05, 4.69) is 15.2 Å². The van der Waals surface area contributed by atoms with Crippen LogP contribution in [0.15, 0.2) is 42.5 Å². The summed E-state index contributed by atoms with van der Waals surface area (Å²) in [7, 11) is 1.49. The van der Waals surface area contributed by atoms with Crippen molar-refractivity contribution in [3.05, 3.63) is 53.7 Å². The largest absolute Gasteiger partial charge is 0.494 e. The van der Waals surface area contributed by atoms with E-state index in [0.29, 0.717) is 28.1 Å². The van der Waals surface area contributed by atoms with Gasteiger partial charge in [0.05, 0.1) is 23.9 Å². The van der Waals surface area contributed by atoms with Crippen LogP contribution in [0.25, 0.3) is 28.1 Å². The first-order chi connectivity index (χ1) is 12.4. The first-order valence-electron chi connectivity index (χ1n) is 7.77. The average molecular weight is 358 g/mol. The number of alkyl halides is 3. The summed E-state index contributed by atoms with van der Waals surface area (Å²) < 4.78 is 47.4. The average Bonchev–Trinajstić information content (AvgIpc) is 3.06. The molecule has 0 atom stereocenters. The molecule has 4 rings (SSSR count). The lowest BCUT2D eigenvalue weighted by Crippen LogP contribution is -2.08. The highest BCUT2D eigenvalue weighted by atomic mass is 19.4. The van der Waals surface area contributed by atoms with Gasteiger partial charge in [-0.05, 0) is 25.1 Å². The normalized spacial score (nSPS) is 12.0. The maximum absolute atomic E-state index is 13.5. The number of aromatic nitrogens is 4. The van der Waals surface area contributed by atoms with Crippen molar-refractivity contribution in [3.8, 4) is 17.1 Å². The van der Waals surface area contributed by atoms with Crippen LogP contribution in [0.5, 0.6) is 5.75 Å². The topological polar surface area (TPSA) is 52.3 Å². The Labute approximate surface area is 146 Å². The summed E-state index contributed by atoms with van der Waals surface area (Å²) in [5.74, 6) is 0.568. The van der Waals surface area contributed by atoms with Crippen molar-refractivity contribution in [2.24, 2.45) is 0 Å². The Morgan fingerprint density at radius 1 is 1.00 bits per heavy atom. The monoisotopic (exact) mass is 358 g/mol. The fourth-order valence-corrected chi connectivity index (χ4v) is 3.05.